The third-order valence-electron chi connectivity index (χ3n) is 7.52. The maximum Gasteiger partial charge on any atom is 0.103 e. The van der Waals surface area contributed by atoms with Crippen LogP contribution in [0.3, 0.4) is 0 Å². The molecule has 196 valence electrons. The Balaban J connectivity index is 1.49. The SMILES string of the molecule is C=C=C(C)[C@@H]1CCCN1Cc1cc(NC(C)=N/C=C\C(C)c2ccc(C)cc2)ccc1N1CCOCC1. The maximum atomic E-state index is 5.62. The predicted octanol–water partition coefficient (Wildman–Crippen LogP) is 6.67. The van der Waals surface area contributed by atoms with Gasteiger partial charge in [-0.05, 0) is 75.1 Å². The topological polar surface area (TPSA) is 40.1 Å². The normalized spacial score (nSPS) is 19.7. The van der Waals surface area contributed by atoms with Crippen molar-refractivity contribution in [2.75, 3.05) is 43.1 Å². The van der Waals surface area contributed by atoms with Crippen molar-refractivity contribution in [3.8, 4) is 0 Å². The number of nitrogens with zero attached hydrogens (tertiary/aromatic N) is 3. The largest absolute Gasteiger partial charge is 0.378 e. The number of hydrogen-bond acceptors (Lipinski definition) is 4. The van der Waals surface area contributed by atoms with Gasteiger partial charge in [-0.25, -0.2) is 4.99 Å². The lowest BCUT2D eigenvalue weighted by Gasteiger charge is -2.33. The summed E-state index contributed by atoms with van der Waals surface area (Å²) < 4.78 is 5.62. The molecule has 2 fully saturated rings. The van der Waals surface area contributed by atoms with Gasteiger partial charge in [0, 0.05) is 49.2 Å². The number of amidine groups is 1. The molecule has 0 radical (unpaired) electrons. The van der Waals surface area contributed by atoms with Crippen LogP contribution in [0.1, 0.15) is 56.2 Å². The van der Waals surface area contributed by atoms with Crippen LogP contribution in [-0.2, 0) is 11.3 Å². The minimum atomic E-state index is 0.318. The Bertz CT molecular complexity index is 1150. The molecule has 1 N–H and O–H groups in total. The number of hydrogen-bond donors (Lipinski definition) is 1. The number of anilines is 2. The predicted molar refractivity (Wildman–Crippen MR) is 157 cm³/mol. The lowest BCUT2D eigenvalue weighted by atomic mass is 10.0. The number of morpholine rings is 1. The number of aryl methyl sites for hydroxylation is 1. The lowest BCUT2D eigenvalue weighted by molar-refractivity contribution is 0.122. The second-order valence-corrected chi connectivity index (χ2v) is 10.3. The van der Waals surface area contributed by atoms with E-state index in [1.165, 1.54) is 40.8 Å². The van der Waals surface area contributed by atoms with Crippen LogP contribution in [0.4, 0.5) is 11.4 Å². The molecule has 5 nitrogen and oxygen atoms in total. The van der Waals surface area contributed by atoms with Crippen LogP contribution < -0.4 is 10.2 Å². The summed E-state index contributed by atoms with van der Waals surface area (Å²) in [5, 5.41) is 3.51. The van der Waals surface area contributed by atoms with Gasteiger partial charge in [-0.2, -0.15) is 0 Å². The number of benzene rings is 2. The van der Waals surface area contributed by atoms with Gasteiger partial charge in [0.05, 0.1) is 13.2 Å². The van der Waals surface area contributed by atoms with E-state index < -0.39 is 0 Å². The summed E-state index contributed by atoms with van der Waals surface area (Å²) in [6, 6.07) is 15.8. The van der Waals surface area contributed by atoms with Crippen LogP contribution in [0, 0.1) is 6.92 Å². The Labute approximate surface area is 223 Å². The third-order valence-corrected chi connectivity index (χ3v) is 7.52. The summed E-state index contributed by atoms with van der Waals surface area (Å²) in [5.74, 6) is 1.19. The molecule has 0 spiro atoms. The van der Waals surface area contributed by atoms with E-state index in [1.54, 1.807) is 0 Å². The standard InChI is InChI=1S/C32H42N4O/c1-6-25(3)31-8-7-17-36(31)23-29-22-30(13-14-32(29)35-18-20-37-21-19-35)34-27(5)33-16-15-26(4)28-11-9-24(2)10-12-28/h9-16,22,26,31H,1,7-8,17-21,23H2,2-5H3,(H,33,34)/b16-15-/t26?,31-/m0/s1. The van der Waals surface area contributed by atoms with Crippen molar-refractivity contribution in [2.24, 2.45) is 4.99 Å². The molecule has 2 aromatic carbocycles. The Kier molecular flexibility index (Phi) is 9.40. The van der Waals surface area contributed by atoms with Crippen molar-refractivity contribution >= 4 is 17.2 Å². The molecule has 37 heavy (non-hydrogen) atoms. The van der Waals surface area contributed by atoms with Gasteiger partial charge >= 0.3 is 0 Å². The quantitative estimate of drug-likeness (QED) is 0.251. The van der Waals surface area contributed by atoms with Gasteiger partial charge in [0.1, 0.15) is 5.84 Å². The zero-order valence-electron chi connectivity index (χ0n) is 23.0. The van der Waals surface area contributed by atoms with Crippen molar-refractivity contribution in [3.63, 3.8) is 0 Å². The first-order valence-electron chi connectivity index (χ1n) is 13.6. The molecule has 2 aromatic rings. The summed E-state index contributed by atoms with van der Waals surface area (Å²) in [6.45, 7) is 17.8. The highest BCUT2D eigenvalue weighted by atomic mass is 16.5. The van der Waals surface area contributed by atoms with Gasteiger partial charge in [0.2, 0.25) is 0 Å². The first-order valence-corrected chi connectivity index (χ1v) is 13.6. The van der Waals surface area contributed by atoms with E-state index in [4.69, 9.17) is 4.74 Å². The van der Waals surface area contributed by atoms with E-state index in [2.05, 4.69) is 102 Å². The number of aliphatic imine (C=N–C) groups is 1. The summed E-state index contributed by atoms with van der Waals surface area (Å²) in [4.78, 5) is 9.70. The average molecular weight is 499 g/mol. The minimum absolute atomic E-state index is 0.318. The first-order chi connectivity index (χ1) is 17.9. The highest BCUT2D eigenvalue weighted by molar-refractivity contribution is 5.94. The first kappa shape index (κ1) is 26.9. The number of allylic oxidation sites excluding steroid dienone is 1. The second-order valence-electron chi connectivity index (χ2n) is 10.3. The van der Waals surface area contributed by atoms with Gasteiger partial charge in [-0.1, -0.05) is 49.4 Å². The number of nitrogens with one attached hydrogen (secondary N) is 1. The van der Waals surface area contributed by atoms with E-state index in [9.17, 15) is 0 Å². The molecule has 0 aromatic heterocycles. The van der Waals surface area contributed by atoms with Crippen LogP contribution in [0.5, 0.6) is 0 Å². The van der Waals surface area contributed by atoms with E-state index in [-0.39, 0.29) is 0 Å². The molecule has 0 bridgehead atoms. The Morgan fingerprint density at radius 2 is 1.92 bits per heavy atom. The molecular formula is C32H42N4O. The summed E-state index contributed by atoms with van der Waals surface area (Å²) in [6.07, 6.45) is 6.45. The van der Waals surface area contributed by atoms with Gasteiger partial charge in [-0.3, -0.25) is 4.90 Å². The van der Waals surface area contributed by atoms with Gasteiger partial charge in [0.15, 0.2) is 0 Å². The zero-order chi connectivity index (χ0) is 26.2. The fraction of sp³-hybridized carbons (Fsp3) is 0.438. The van der Waals surface area contributed by atoms with Crippen LogP contribution in [0.15, 0.2) is 77.6 Å². The van der Waals surface area contributed by atoms with Crippen molar-refractivity contribution in [1.29, 1.82) is 0 Å². The molecule has 0 amide bonds. The molecule has 0 saturated carbocycles. The fourth-order valence-electron chi connectivity index (χ4n) is 5.25. The summed E-state index contributed by atoms with van der Waals surface area (Å²) >= 11 is 0. The van der Waals surface area contributed by atoms with Crippen LogP contribution in [0.2, 0.25) is 0 Å². The molecular weight excluding hydrogens is 456 g/mol. The van der Waals surface area contributed by atoms with Crippen molar-refractivity contribution in [3.05, 3.63) is 89.3 Å². The Morgan fingerprint density at radius 1 is 1.16 bits per heavy atom. The third kappa shape index (κ3) is 7.23. The fourth-order valence-corrected chi connectivity index (χ4v) is 5.25. The molecule has 2 saturated heterocycles. The van der Waals surface area contributed by atoms with E-state index in [1.807, 2.05) is 13.1 Å². The van der Waals surface area contributed by atoms with Gasteiger partial charge in [-0.15, -0.1) is 5.73 Å². The molecule has 5 heteroatoms. The Morgan fingerprint density at radius 3 is 2.65 bits per heavy atom. The van der Waals surface area contributed by atoms with Gasteiger partial charge in [0.25, 0.3) is 0 Å². The highest BCUT2D eigenvalue weighted by Crippen LogP contribution is 2.31. The summed E-state index contributed by atoms with van der Waals surface area (Å²) in [5.41, 5.74) is 10.7. The van der Waals surface area contributed by atoms with Crippen molar-refractivity contribution < 1.29 is 4.74 Å². The molecule has 2 atom stereocenters. The van der Waals surface area contributed by atoms with Crippen molar-refractivity contribution in [2.45, 2.75) is 59.0 Å². The summed E-state index contributed by atoms with van der Waals surface area (Å²) in [7, 11) is 0. The van der Waals surface area contributed by atoms with Crippen molar-refractivity contribution in [1.82, 2.24) is 4.90 Å². The molecule has 2 heterocycles. The Hall–Kier alpha value is -3.11. The highest BCUT2D eigenvalue weighted by Gasteiger charge is 2.27. The number of ether oxygens (including phenoxy) is 1. The zero-order valence-corrected chi connectivity index (χ0v) is 23.0. The molecule has 4 rings (SSSR count). The van der Waals surface area contributed by atoms with E-state index in [0.29, 0.717) is 12.0 Å². The number of likely N-dealkylation sites (tertiary alicyclic amines) is 1. The second kappa shape index (κ2) is 12.9. The molecule has 1 unspecified atom stereocenters. The van der Waals surface area contributed by atoms with Crippen LogP contribution in [-0.4, -0.2) is 49.6 Å². The van der Waals surface area contributed by atoms with Crippen LogP contribution >= 0.6 is 0 Å². The maximum absolute atomic E-state index is 5.62. The molecule has 2 aliphatic heterocycles. The monoisotopic (exact) mass is 498 g/mol. The van der Waals surface area contributed by atoms with E-state index in [0.717, 1.165) is 50.9 Å². The average Bonchev–Trinajstić information content (AvgIpc) is 3.37. The van der Waals surface area contributed by atoms with E-state index >= 15 is 0 Å². The minimum Gasteiger partial charge on any atom is -0.378 e. The smallest absolute Gasteiger partial charge is 0.103 e. The number of rotatable bonds is 8. The van der Waals surface area contributed by atoms with Gasteiger partial charge < -0.3 is 15.0 Å². The molecule has 2 aliphatic rings. The molecule has 0 aliphatic carbocycles. The van der Waals surface area contributed by atoms with Crippen LogP contribution in [0.25, 0.3) is 0 Å². The lowest BCUT2D eigenvalue weighted by Crippen LogP contribution is -2.37.